The fraction of sp³-hybridized carbons (Fsp3) is 0.778. The topological polar surface area (TPSA) is 93.9 Å². The van der Waals surface area contributed by atoms with Gasteiger partial charge in [-0.25, -0.2) is 0 Å². The van der Waals surface area contributed by atoms with Gasteiger partial charge < -0.3 is 20.5 Å². The lowest BCUT2D eigenvalue weighted by molar-refractivity contribution is -0.132. The Morgan fingerprint density at radius 3 is 2.88 bits per heavy atom. The summed E-state index contributed by atoms with van der Waals surface area (Å²) in [6.07, 6.45) is 4.51. The van der Waals surface area contributed by atoms with Gasteiger partial charge in [0, 0.05) is 13.2 Å². The van der Waals surface area contributed by atoms with Crippen LogP contribution < -0.4 is 11.1 Å². The zero-order chi connectivity index (χ0) is 18.2. The second-order valence-electron chi connectivity index (χ2n) is 7.17. The van der Waals surface area contributed by atoms with Crippen LogP contribution in [-0.4, -0.2) is 68.3 Å². The molecule has 0 aromatic carbocycles. The third-order valence-electron chi connectivity index (χ3n) is 4.68. The van der Waals surface area contributed by atoms with Crippen LogP contribution in [0.2, 0.25) is 0 Å². The monoisotopic (exact) mass is 353 g/mol. The molecular formula is C18H31N3O4. The van der Waals surface area contributed by atoms with E-state index in [2.05, 4.69) is 5.32 Å². The van der Waals surface area contributed by atoms with E-state index in [0.29, 0.717) is 26.4 Å². The van der Waals surface area contributed by atoms with Crippen LogP contribution in [0, 0.1) is 5.92 Å². The van der Waals surface area contributed by atoms with Crippen molar-refractivity contribution in [3.8, 4) is 0 Å². The van der Waals surface area contributed by atoms with E-state index < -0.39 is 0 Å². The number of nitrogens with one attached hydrogen (secondary N) is 1. The molecule has 7 nitrogen and oxygen atoms in total. The lowest BCUT2D eigenvalue weighted by atomic mass is 9.96. The Kier molecular flexibility index (Phi) is 7.87. The number of rotatable bonds is 7. The molecule has 0 aromatic heterocycles. The minimum Gasteiger partial charge on any atom is -0.379 e. The highest BCUT2D eigenvalue weighted by atomic mass is 16.5. The van der Waals surface area contributed by atoms with E-state index in [-0.39, 0.29) is 36.4 Å². The Hall–Kier alpha value is -1.44. The molecule has 3 N–H and O–H groups in total. The Morgan fingerprint density at radius 1 is 1.36 bits per heavy atom. The summed E-state index contributed by atoms with van der Waals surface area (Å²) in [5.74, 6) is -0.455. The number of hydrogen-bond acceptors (Lipinski definition) is 5. The molecule has 0 radical (unpaired) electrons. The van der Waals surface area contributed by atoms with Crippen LogP contribution in [0.5, 0.6) is 0 Å². The Bertz CT molecular complexity index is 491. The van der Waals surface area contributed by atoms with Gasteiger partial charge in [0.2, 0.25) is 11.8 Å². The van der Waals surface area contributed by atoms with Crippen LogP contribution in [0.3, 0.4) is 0 Å². The van der Waals surface area contributed by atoms with E-state index in [1.54, 1.807) is 0 Å². The molecule has 142 valence electrons. The maximum Gasteiger partial charge on any atom is 0.231 e. The fourth-order valence-corrected chi connectivity index (χ4v) is 3.32. The third-order valence-corrected chi connectivity index (χ3v) is 4.68. The van der Waals surface area contributed by atoms with Gasteiger partial charge >= 0.3 is 0 Å². The van der Waals surface area contributed by atoms with E-state index in [1.807, 2.05) is 24.8 Å². The Morgan fingerprint density at radius 2 is 2.16 bits per heavy atom. The molecule has 2 saturated heterocycles. The number of amides is 2. The smallest absolute Gasteiger partial charge is 0.231 e. The van der Waals surface area contributed by atoms with Gasteiger partial charge in [0.05, 0.1) is 37.8 Å². The van der Waals surface area contributed by atoms with Crippen molar-refractivity contribution in [3.63, 3.8) is 0 Å². The number of carbonyl (C=O) groups excluding carboxylic acids is 2. The van der Waals surface area contributed by atoms with Crippen LogP contribution in [0.4, 0.5) is 0 Å². The van der Waals surface area contributed by atoms with Crippen LogP contribution in [-0.2, 0) is 19.1 Å². The van der Waals surface area contributed by atoms with Crippen molar-refractivity contribution in [1.82, 2.24) is 10.2 Å². The predicted molar refractivity (Wildman–Crippen MR) is 94.9 cm³/mol. The summed E-state index contributed by atoms with van der Waals surface area (Å²) in [6, 6.07) is -0.127. The van der Waals surface area contributed by atoms with Crippen LogP contribution >= 0.6 is 0 Å². The number of allylic oxidation sites excluding steroid dienone is 1. The molecular weight excluding hydrogens is 322 g/mol. The first-order valence-electron chi connectivity index (χ1n) is 9.09. The van der Waals surface area contributed by atoms with E-state index in [9.17, 15) is 9.59 Å². The molecule has 2 aliphatic heterocycles. The van der Waals surface area contributed by atoms with Gasteiger partial charge in [0.25, 0.3) is 0 Å². The molecule has 25 heavy (non-hydrogen) atoms. The van der Waals surface area contributed by atoms with E-state index >= 15 is 0 Å². The molecule has 0 aliphatic carbocycles. The number of nitrogens with zero attached hydrogens (tertiary/aromatic N) is 1. The normalized spacial score (nSPS) is 27.5. The van der Waals surface area contributed by atoms with Crippen LogP contribution in [0.25, 0.3) is 0 Å². The Labute approximate surface area is 149 Å². The van der Waals surface area contributed by atoms with Gasteiger partial charge in [-0.3, -0.25) is 14.5 Å². The maximum atomic E-state index is 12.6. The van der Waals surface area contributed by atoms with Gasteiger partial charge in [-0.2, -0.15) is 0 Å². The van der Waals surface area contributed by atoms with Gasteiger partial charge in [-0.15, -0.1) is 0 Å². The number of piperidine rings is 1. The SMILES string of the molecule is CC(C)=CCO[C@H]1CCOC[C@H]1NC(=O)C1CCCN(CC(N)=O)C1. The zero-order valence-electron chi connectivity index (χ0n) is 15.3. The summed E-state index contributed by atoms with van der Waals surface area (Å²) in [6.45, 7) is 7.35. The number of likely N-dealkylation sites (tertiary alicyclic amines) is 1. The number of nitrogens with two attached hydrogens (primary N) is 1. The standard InChI is InChI=1S/C18H31N3O4/c1-13(2)5-9-25-16-6-8-24-12-15(16)20-18(23)14-4-3-7-21(10-14)11-17(19)22/h5,14-16H,3-4,6-12H2,1-2H3,(H2,19,22)(H,20,23)/t14?,15-,16+/m1/s1. The summed E-state index contributed by atoms with van der Waals surface area (Å²) >= 11 is 0. The molecule has 0 bridgehead atoms. The fourth-order valence-electron chi connectivity index (χ4n) is 3.32. The van der Waals surface area contributed by atoms with Crippen molar-refractivity contribution in [2.75, 3.05) is 39.5 Å². The minimum atomic E-state index is -0.352. The maximum absolute atomic E-state index is 12.6. The van der Waals surface area contributed by atoms with Crippen molar-refractivity contribution >= 4 is 11.8 Å². The van der Waals surface area contributed by atoms with Crippen molar-refractivity contribution in [2.45, 2.75) is 45.3 Å². The summed E-state index contributed by atoms with van der Waals surface area (Å²) < 4.78 is 11.4. The van der Waals surface area contributed by atoms with E-state index in [4.69, 9.17) is 15.2 Å². The summed E-state index contributed by atoms with van der Waals surface area (Å²) in [7, 11) is 0. The molecule has 0 aromatic rings. The van der Waals surface area contributed by atoms with Gasteiger partial charge in [0.1, 0.15) is 0 Å². The average molecular weight is 353 g/mol. The van der Waals surface area contributed by atoms with Crippen molar-refractivity contribution in [2.24, 2.45) is 11.7 Å². The van der Waals surface area contributed by atoms with Crippen molar-refractivity contribution in [3.05, 3.63) is 11.6 Å². The third kappa shape index (κ3) is 6.76. The number of ether oxygens (including phenoxy) is 2. The van der Waals surface area contributed by atoms with Gasteiger partial charge in [0.15, 0.2) is 0 Å². The van der Waals surface area contributed by atoms with Crippen molar-refractivity contribution in [1.29, 1.82) is 0 Å². The highest BCUT2D eigenvalue weighted by Gasteiger charge is 2.32. The first-order chi connectivity index (χ1) is 12.0. The molecule has 2 heterocycles. The minimum absolute atomic E-state index is 0.0143. The summed E-state index contributed by atoms with van der Waals surface area (Å²) in [4.78, 5) is 25.7. The average Bonchev–Trinajstić information content (AvgIpc) is 2.55. The second-order valence-corrected chi connectivity index (χ2v) is 7.17. The highest BCUT2D eigenvalue weighted by Crippen LogP contribution is 2.18. The van der Waals surface area contributed by atoms with Crippen LogP contribution in [0.1, 0.15) is 33.1 Å². The molecule has 2 rings (SSSR count). The molecule has 2 amide bonds. The molecule has 0 saturated carbocycles. The van der Waals surface area contributed by atoms with Gasteiger partial charge in [-0.05, 0) is 39.7 Å². The largest absolute Gasteiger partial charge is 0.379 e. The van der Waals surface area contributed by atoms with E-state index in [1.165, 1.54) is 5.57 Å². The quantitative estimate of drug-likeness (QED) is 0.648. The zero-order valence-corrected chi connectivity index (χ0v) is 15.3. The second kappa shape index (κ2) is 9.89. The molecule has 0 spiro atoms. The van der Waals surface area contributed by atoms with Crippen LogP contribution in [0.15, 0.2) is 11.6 Å². The first kappa shape index (κ1) is 19.9. The predicted octanol–water partition coefficient (Wildman–Crippen LogP) is 0.440. The summed E-state index contributed by atoms with van der Waals surface area (Å²) in [5, 5.41) is 3.10. The molecule has 1 unspecified atom stereocenters. The number of primary amides is 1. The number of carbonyl (C=O) groups is 2. The Balaban J connectivity index is 1.86. The molecule has 3 atom stereocenters. The lowest BCUT2D eigenvalue weighted by Crippen LogP contribution is -2.54. The number of hydrogen-bond donors (Lipinski definition) is 2. The van der Waals surface area contributed by atoms with Crippen molar-refractivity contribution < 1.29 is 19.1 Å². The molecule has 7 heteroatoms. The van der Waals surface area contributed by atoms with E-state index in [0.717, 1.165) is 25.8 Å². The van der Waals surface area contributed by atoms with Gasteiger partial charge in [-0.1, -0.05) is 11.6 Å². The molecule has 2 aliphatic rings. The highest BCUT2D eigenvalue weighted by molar-refractivity contribution is 5.80. The molecule has 2 fully saturated rings. The first-order valence-corrected chi connectivity index (χ1v) is 9.09. The lowest BCUT2D eigenvalue weighted by Gasteiger charge is -2.35. The summed E-state index contributed by atoms with van der Waals surface area (Å²) in [5.41, 5.74) is 6.47.